The minimum absolute atomic E-state index is 0. The molecule has 3 heteroatoms. The lowest BCUT2D eigenvalue weighted by molar-refractivity contribution is -0.109. The number of hydrogen-bond acceptors (Lipinski definition) is 2. The second-order valence-corrected chi connectivity index (χ2v) is 2.73. The zero-order chi connectivity index (χ0) is 8.53. The van der Waals surface area contributed by atoms with Crippen molar-refractivity contribution in [3.63, 3.8) is 0 Å². The van der Waals surface area contributed by atoms with E-state index in [1.54, 1.807) is 0 Å². The first-order valence-corrected chi connectivity index (χ1v) is 4.16. The molecule has 0 aromatic rings. The molecule has 3 nitrogen and oxygen atoms in total. The highest BCUT2D eigenvalue weighted by atomic mass is 16.1. The molecule has 0 radical (unpaired) electrons. The van der Waals surface area contributed by atoms with E-state index in [9.17, 15) is 4.79 Å². The molecule has 0 heterocycles. The molecule has 0 spiro atoms. The lowest BCUT2D eigenvalue weighted by Crippen LogP contribution is -2.29. The second-order valence-electron chi connectivity index (χ2n) is 2.73. The molecule has 0 aromatic carbocycles. The maximum atomic E-state index is 9.87. The van der Waals surface area contributed by atoms with Crippen LogP contribution in [0.2, 0.25) is 0 Å². The molecule has 0 fully saturated rings. The van der Waals surface area contributed by atoms with Crippen molar-refractivity contribution in [1.29, 1.82) is 0 Å². The summed E-state index contributed by atoms with van der Waals surface area (Å²) in [6.07, 6.45) is 3.21. The van der Waals surface area contributed by atoms with Crippen molar-refractivity contribution in [2.75, 3.05) is 26.7 Å². The van der Waals surface area contributed by atoms with Crippen LogP contribution in [-0.4, -0.2) is 38.0 Å². The Hall–Kier alpha value is -0.570. The molecular formula is C8H20N2O. The van der Waals surface area contributed by atoms with Gasteiger partial charge in [-0.05, 0) is 20.0 Å². The van der Waals surface area contributed by atoms with Gasteiger partial charge in [0.25, 0.3) is 0 Å². The Morgan fingerprint density at radius 3 is 2.82 bits per heavy atom. The molecule has 68 valence electrons. The van der Waals surface area contributed by atoms with Gasteiger partial charge in [-0.3, -0.25) is 4.79 Å². The SMILES string of the molecule is CCCCN(C)CCNC=O.[HH]. The quantitative estimate of drug-likeness (QED) is 0.439. The van der Waals surface area contributed by atoms with Crippen molar-refractivity contribution in [2.45, 2.75) is 19.8 Å². The van der Waals surface area contributed by atoms with E-state index >= 15 is 0 Å². The van der Waals surface area contributed by atoms with E-state index in [1.807, 2.05) is 0 Å². The van der Waals surface area contributed by atoms with Gasteiger partial charge in [0.2, 0.25) is 6.41 Å². The van der Waals surface area contributed by atoms with Crippen LogP contribution in [0.1, 0.15) is 21.2 Å². The van der Waals surface area contributed by atoms with Gasteiger partial charge in [-0.1, -0.05) is 13.3 Å². The molecule has 0 atom stereocenters. The summed E-state index contributed by atoms with van der Waals surface area (Å²) in [5, 5.41) is 2.63. The standard InChI is InChI=1S/C8H18N2O.H2/c1-3-4-6-10(2)7-5-9-8-11;/h8H,3-7H2,1-2H3,(H,9,11);1H. The molecule has 0 aromatic heterocycles. The first kappa shape index (κ1) is 10.4. The molecule has 0 bridgehead atoms. The highest BCUT2D eigenvalue weighted by molar-refractivity contribution is 5.45. The lowest BCUT2D eigenvalue weighted by Gasteiger charge is -2.14. The van der Waals surface area contributed by atoms with Crippen LogP contribution in [0.3, 0.4) is 0 Å². The van der Waals surface area contributed by atoms with Crippen LogP contribution in [0, 0.1) is 0 Å². The van der Waals surface area contributed by atoms with Crippen molar-refractivity contribution >= 4 is 6.41 Å². The fourth-order valence-electron chi connectivity index (χ4n) is 0.854. The number of nitrogens with zero attached hydrogens (tertiary/aromatic N) is 1. The van der Waals surface area contributed by atoms with Gasteiger partial charge in [0.15, 0.2) is 0 Å². The highest BCUT2D eigenvalue weighted by Crippen LogP contribution is 1.89. The van der Waals surface area contributed by atoms with Crippen LogP contribution in [0.4, 0.5) is 0 Å². The molecule has 0 saturated heterocycles. The number of rotatable bonds is 7. The van der Waals surface area contributed by atoms with Crippen LogP contribution in [0.15, 0.2) is 0 Å². The molecule has 11 heavy (non-hydrogen) atoms. The van der Waals surface area contributed by atoms with E-state index in [0.29, 0.717) is 0 Å². The van der Waals surface area contributed by atoms with E-state index in [1.165, 1.54) is 12.8 Å². The molecule has 0 aliphatic carbocycles. The number of hydrogen-bond donors (Lipinski definition) is 1. The summed E-state index contributed by atoms with van der Waals surface area (Å²) in [5.74, 6) is 0. The smallest absolute Gasteiger partial charge is 0.207 e. The summed E-state index contributed by atoms with van der Waals surface area (Å²) >= 11 is 0. The lowest BCUT2D eigenvalue weighted by atomic mass is 10.3. The fourth-order valence-corrected chi connectivity index (χ4v) is 0.854. The van der Waals surface area contributed by atoms with Crippen LogP contribution < -0.4 is 5.32 Å². The van der Waals surface area contributed by atoms with Crippen molar-refractivity contribution < 1.29 is 6.22 Å². The number of amides is 1. The second kappa shape index (κ2) is 7.54. The fraction of sp³-hybridized carbons (Fsp3) is 0.875. The Morgan fingerprint density at radius 2 is 2.27 bits per heavy atom. The average Bonchev–Trinajstić information content (AvgIpc) is 2.01. The first-order valence-electron chi connectivity index (χ1n) is 4.16. The van der Waals surface area contributed by atoms with E-state index in [0.717, 1.165) is 26.0 Å². The maximum Gasteiger partial charge on any atom is 0.207 e. The number of unbranched alkanes of at least 4 members (excludes halogenated alkanes) is 1. The Bertz CT molecular complexity index is 101. The predicted molar refractivity (Wildman–Crippen MR) is 48.6 cm³/mol. The summed E-state index contributed by atoms with van der Waals surface area (Å²) in [4.78, 5) is 12.1. The van der Waals surface area contributed by atoms with Crippen molar-refractivity contribution in [2.24, 2.45) is 0 Å². The van der Waals surface area contributed by atoms with Gasteiger partial charge in [0.05, 0.1) is 0 Å². The Kier molecular flexibility index (Phi) is 7.15. The van der Waals surface area contributed by atoms with Crippen molar-refractivity contribution in [3.05, 3.63) is 0 Å². The van der Waals surface area contributed by atoms with Gasteiger partial charge >= 0.3 is 0 Å². The summed E-state index contributed by atoms with van der Waals surface area (Å²) < 4.78 is 0. The predicted octanol–water partition coefficient (Wildman–Crippen LogP) is 0.710. The van der Waals surface area contributed by atoms with Gasteiger partial charge in [0.1, 0.15) is 0 Å². The largest absolute Gasteiger partial charge is 0.357 e. The third-order valence-electron chi connectivity index (χ3n) is 1.61. The summed E-state index contributed by atoms with van der Waals surface area (Å²) in [5.41, 5.74) is 0. The Morgan fingerprint density at radius 1 is 1.55 bits per heavy atom. The molecule has 0 unspecified atom stereocenters. The van der Waals surface area contributed by atoms with Gasteiger partial charge < -0.3 is 10.2 Å². The van der Waals surface area contributed by atoms with E-state index in [-0.39, 0.29) is 1.43 Å². The molecule has 1 amide bonds. The number of nitrogens with one attached hydrogen (secondary N) is 1. The molecule has 0 aliphatic rings. The zero-order valence-corrected chi connectivity index (χ0v) is 7.47. The molecule has 0 saturated carbocycles. The third kappa shape index (κ3) is 7.33. The minimum Gasteiger partial charge on any atom is -0.357 e. The Labute approximate surface area is 70.2 Å². The van der Waals surface area contributed by atoms with E-state index in [2.05, 4.69) is 24.2 Å². The van der Waals surface area contributed by atoms with Gasteiger partial charge in [-0.25, -0.2) is 0 Å². The van der Waals surface area contributed by atoms with Gasteiger partial charge in [0, 0.05) is 14.5 Å². The van der Waals surface area contributed by atoms with Crippen LogP contribution in [0.25, 0.3) is 0 Å². The average molecular weight is 160 g/mol. The molecule has 0 rings (SSSR count). The van der Waals surface area contributed by atoms with Crippen LogP contribution >= 0.6 is 0 Å². The monoisotopic (exact) mass is 160 g/mol. The first-order chi connectivity index (χ1) is 5.31. The summed E-state index contributed by atoms with van der Waals surface area (Å²) in [6, 6.07) is 0. The number of carbonyl (C=O) groups is 1. The number of likely N-dealkylation sites (N-methyl/N-ethyl adjacent to an activating group) is 1. The van der Waals surface area contributed by atoms with E-state index in [4.69, 9.17) is 0 Å². The number of carbonyl (C=O) groups excluding carboxylic acids is 1. The van der Waals surface area contributed by atoms with Gasteiger partial charge in [-0.2, -0.15) is 0 Å². The molecule has 1 N–H and O–H groups in total. The molecule has 0 aliphatic heterocycles. The highest BCUT2D eigenvalue weighted by Gasteiger charge is 1.94. The summed E-state index contributed by atoms with van der Waals surface area (Å²) in [7, 11) is 2.07. The normalized spacial score (nSPS) is 10.1. The van der Waals surface area contributed by atoms with Crippen molar-refractivity contribution in [1.82, 2.24) is 10.2 Å². The Balaban J connectivity index is 0. The van der Waals surface area contributed by atoms with Crippen LogP contribution in [0.5, 0.6) is 0 Å². The van der Waals surface area contributed by atoms with Gasteiger partial charge in [-0.15, -0.1) is 0 Å². The molecular weight excluding hydrogens is 140 g/mol. The topological polar surface area (TPSA) is 32.3 Å². The zero-order valence-electron chi connectivity index (χ0n) is 7.47. The van der Waals surface area contributed by atoms with Crippen molar-refractivity contribution in [3.8, 4) is 0 Å². The maximum absolute atomic E-state index is 9.87. The third-order valence-corrected chi connectivity index (χ3v) is 1.61. The van der Waals surface area contributed by atoms with E-state index < -0.39 is 0 Å². The minimum atomic E-state index is 0. The van der Waals surface area contributed by atoms with Crippen LogP contribution in [-0.2, 0) is 4.79 Å². The summed E-state index contributed by atoms with van der Waals surface area (Å²) in [6.45, 7) is 5.00.